The standard InChI is InChI=1S/C18H22N4O2S/c1-11(17(24)14-7-6-12-4-3-5-13(12)10-14)25-18-21-20-16(22(18)2)9-8-15(19)23/h6-7,10-11H,3-5,8-9H2,1-2H3,(H2,19,23)/t11-/m0/s1. The van der Waals surface area contributed by atoms with Gasteiger partial charge in [0.15, 0.2) is 10.9 Å². The molecule has 1 aromatic carbocycles. The largest absolute Gasteiger partial charge is 0.370 e. The number of rotatable bonds is 7. The van der Waals surface area contributed by atoms with E-state index in [2.05, 4.69) is 16.3 Å². The Bertz CT molecular complexity index is 815. The average Bonchev–Trinajstić information content (AvgIpc) is 3.19. The molecule has 1 atom stereocenters. The molecule has 3 rings (SSSR count). The van der Waals surface area contributed by atoms with Crippen LogP contribution in [0.15, 0.2) is 23.4 Å². The SMILES string of the molecule is C[C@H](Sc1nnc(CCC(N)=O)n1C)C(=O)c1ccc2c(c1)CCC2. The van der Waals surface area contributed by atoms with Crippen LogP contribution < -0.4 is 5.73 Å². The number of primary amides is 1. The predicted octanol–water partition coefficient (Wildman–Crippen LogP) is 2.09. The number of aryl methyl sites for hydroxylation is 3. The number of fused-ring (bicyclic) bond motifs is 1. The molecule has 0 radical (unpaired) electrons. The maximum atomic E-state index is 12.7. The minimum Gasteiger partial charge on any atom is -0.370 e. The summed E-state index contributed by atoms with van der Waals surface area (Å²) in [6.07, 6.45) is 4.03. The third-order valence-corrected chi connectivity index (χ3v) is 5.69. The fourth-order valence-electron chi connectivity index (χ4n) is 3.07. The van der Waals surface area contributed by atoms with Gasteiger partial charge in [-0.1, -0.05) is 23.9 Å². The Morgan fingerprint density at radius 2 is 2.04 bits per heavy atom. The summed E-state index contributed by atoms with van der Waals surface area (Å²) in [7, 11) is 1.84. The molecule has 25 heavy (non-hydrogen) atoms. The van der Waals surface area contributed by atoms with E-state index in [1.54, 1.807) is 0 Å². The second kappa shape index (κ2) is 7.39. The molecular formula is C18H22N4O2S. The van der Waals surface area contributed by atoms with Gasteiger partial charge in [-0.15, -0.1) is 10.2 Å². The molecule has 0 fully saturated rings. The molecule has 0 saturated heterocycles. The van der Waals surface area contributed by atoms with Crippen molar-refractivity contribution in [1.82, 2.24) is 14.8 Å². The molecule has 132 valence electrons. The molecule has 1 amide bonds. The highest BCUT2D eigenvalue weighted by molar-refractivity contribution is 8.00. The van der Waals surface area contributed by atoms with E-state index < -0.39 is 0 Å². The van der Waals surface area contributed by atoms with E-state index in [4.69, 9.17) is 5.73 Å². The highest BCUT2D eigenvalue weighted by atomic mass is 32.2. The molecule has 7 heteroatoms. The van der Waals surface area contributed by atoms with Crippen molar-refractivity contribution in [2.75, 3.05) is 0 Å². The molecular weight excluding hydrogens is 336 g/mol. The van der Waals surface area contributed by atoms with Crippen molar-refractivity contribution >= 4 is 23.5 Å². The summed E-state index contributed by atoms with van der Waals surface area (Å²) in [4.78, 5) is 23.7. The number of nitrogens with two attached hydrogens (primary N) is 1. The topological polar surface area (TPSA) is 90.9 Å². The highest BCUT2D eigenvalue weighted by Gasteiger charge is 2.22. The van der Waals surface area contributed by atoms with E-state index in [1.165, 1.54) is 29.3 Å². The van der Waals surface area contributed by atoms with Crippen molar-refractivity contribution < 1.29 is 9.59 Å². The number of Topliss-reactive ketones (excluding diaryl/α,β-unsaturated/α-hetero) is 1. The van der Waals surface area contributed by atoms with Gasteiger partial charge in [0, 0.05) is 25.5 Å². The smallest absolute Gasteiger partial charge is 0.217 e. The molecule has 0 unspecified atom stereocenters. The van der Waals surface area contributed by atoms with E-state index >= 15 is 0 Å². The van der Waals surface area contributed by atoms with Gasteiger partial charge in [-0.3, -0.25) is 9.59 Å². The Kier molecular flexibility index (Phi) is 5.22. The van der Waals surface area contributed by atoms with Gasteiger partial charge in [-0.2, -0.15) is 0 Å². The number of aromatic nitrogens is 3. The Hall–Kier alpha value is -2.15. The van der Waals surface area contributed by atoms with E-state index in [-0.39, 0.29) is 23.4 Å². The van der Waals surface area contributed by atoms with Crippen molar-refractivity contribution in [2.24, 2.45) is 12.8 Å². The number of nitrogens with zero attached hydrogens (tertiary/aromatic N) is 3. The minimum atomic E-state index is -0.364. The Morgan fingerprint density at radius 1 is 1.28 bits per heavy atom. The van der Waals surface area contributed by atoms with E-state index in [9.17, 15) is 9.59 Å². The van der Waals surface area contributed by atoms with Gasteiger partial charge in [0.05, 0.1) is 5.25 Å². The van der Waals surface area contributed by atoms with Crippen molar-refractivity contribution in [2.45, 2.75) is 49.4 Å². The number of hydrogen-bond acceptors (Lipinski definition) is 5. The lowest BCUT2D eigenvalue weighted by molar-refractivity contribution is -0.118. The molecule has 2 aromatic rings. The zero-order valence-electron chi connectivity index (χ0n) is 14.5. The van der Waals surface area contributed by atoms with Gasteiger partial charge in [-0.05, 0) is 43.4 Å². The summed E-state index contributed by atoms with van der Waals surface area (Å²) >= 11 is 1.39. The third kappa shape index (κ3) is 3.92. The second-order valence-corrected chi connectivity index (χ2v) is 7.69. The first-order chi connectivity index (χ1) is 12.0. The molecule has 0 spiro atoms. The summed E-state index contributed by atoms with van der Waals surface area (Å²) in [5, 5.41) is 8.64. The van der Waals surface area contributed by atoms with Crippen LogP contribution >= 0.6 is 11.8 Å². The molecule has 0 aliphatic heterocycles. The summed E-state index contributed by atoms with van der Waals surface area (Å²) in [6, 6.07) is 6.05. The maximum Gasteiger partial charge on any atom is 0.217 e. The first-order valence-corrected chi connectivity index (χ1v) is 9.33. The van der Waals surface area contributed by atoms with Crippen LogP contribution in [0.3, 0.4) is 0 Å². The molecule has 2 N–H and O–H groups in total. The highest BCUT2D eigenvalue weighted by Crippen LogP contribution is 2.27. The van der Waals surface area contributed by atoms with Crippen LogP contribution in [0, 0.1) is 0 Å². The molecule has 6 nitrogen and oxygen atoms in total. The summed E-state index contributed by atoms with van der Waals surface area (Å²) in [6.45, 7) is 1.89. The molecule has 0 saturated carbocycles. The number of thioether (sulfide) groups is 1. The van der Waals surface area contributed by atoms with Crippen LogP contribution in [-0.4, -0.2) is 31.7 Å². The van der Waals surface area contributed by atoms with Gasteiger partial charge in [0.25, 0.3) is 0 Å². The number of ketones is 1. The second-order valence-electron chi connectivity index (χ2n) is 6.39. The summed E-state index contributed by atoms with van der Waals surface area (Å²) < 4.78 is 1.82. The van der Waals surface area contributed by atoms with Gasteiger partial charge < -0.3 is 10.3 Å². The third-order valence-electron chi connectivity index (χ3n) is 4.55. The predicted molar refractivity (Wildman–Crippen MR) is 96.6 cm³/mol. The first-order valence-electron chi connectivity index (χ1n) is 8.45. The van der Waals surface area contributed by atoms with E-state index in [0.29, 0.717) is 17.4 Å². The quantitative estimate of drug-likeness (QED) is 0.604. The van der Waals surface area contributed by atoms with Crippen molar-refractivity contribution in [3.8, 4) is 0 Å². The summed E-state index contributed by atoms with van der Waals surface area (Å²) in [5.41, 5.74) is 8.60. The lowest BCUT2D eigenvalue weighted by Crippen LogP contribution is -2.15. The van der Waals surface area contributed by atoms with E-state index in [0.717, 1.165) is 18.4 Å². The van der Waals surface area contributed by atoms with E-state index in [1.807, 2.05) is 30.7 Å². The zero-order chi connectivity index (χ0) is 18.0. The first kappa shape index (κ1) is 17.7. The van der Waals surface area contributed by atoms with Gasteiger partial charge in [0.1, 0.15) is 5.82 Å². The molecule has 1 aromatic heterocycles. The fraction of sp³-hybridized carbons (Fsp3) is 0.444. The lowest BCUT2D eigenvalue weighted by atomic mass is 10.0. The van der Waals surface area contributed by atoms with Gasteiger partial charge in [0.2, 0.25) is 5.91 Å². The van der Waals surface area contributed by atoms with Crippen LogP contribution in [0.1, 0.15) is 47.1 Å². The number of amides is 1. The van der Waals surface area contributed by atoms with Crippen LogP contribution in [0.2, 0.25) is 0 Å². The van der Waals surface area contributed by atoms with Gasteiger partial charge in [-0.25, -0.2) is 0 Å². The minimum absolute atomic E-state index is 0.0985. The average molecular weight is 358 g/mol. The number of carbonyl (C=O) groups excluding carboxylic acids is 2. The van der Waals surface area contributed by atoms with Crippen LogP contribution in [0.5, 0.6) is 0 Å². The Labute approximate surface area is 151 Å². The number of hydrogen-bond donors (Lipinski definition) is 1. The normalized spacial score (nSPS) is 14.3. The van der Waals surface area contributed by atoms with Crippen LogP contribution in [0.4, 0.5) is 0 Å². The molecule has 1 heterocycles. The summed E-state index contributed by atoms with van der Waals surface area (Å²) in [5.74, 6) is 0.428. The maximum absolute atomic E-state index is 12.7. The van der Waals surface area contributed by atoms with Gasteiger partial charge >= 0.3 is 0 Å². The number of carbonyl (C=O) groups is 2. The van der Waals surface area contributed by atoms with Crippen LogP contribution in [0.25, 0.3) is 0 Å². The number of benzene rings is 1. The Balaban J connectivity index is 1.68. The van der Waals surface area contributed by atoms with Crippen molar-refractivity contribution in [3.63, 3.8) is 0 Å². The lowest BCUT2D eigenvalue weighted by Gasteiger charge is -2.11. The molecule has 1 aliphatic rings. The van der Waals surface area contributed by atoms with Crippen molar-refractivity contribution in [3.05, 3.63) is 40.7 Å². The fourth-order valence-corrected chi connectivity index (χ4v) is 3.98. The Morgan fingerprint density at radius 3 is 2.80 bits per heavy atom. The monoisotopic (exact) mass is 358 g/mol. The molecule has 1 aliphatic carbocycles. The zero-order valence-corrected chi connectivity index (χ0v) is 15.3. The molecule has 0 bridgehead atoms. The van der Waals surface area contributed by atoms with Crippen molar-refractivity contribution in [1.29, 1.82) is 0 Å². The van der Waals surface area contributed by atoms with Crippen LogP contribution in [-0.2, 0) is 31.1 Å².